The van der Waals surface area contributed by atoms with Crippen molar-refractivity contribution in [2.24, 2.45) is 5.92 Å². The van der Waals surface area contributed by atoms with E-state index in [-0.39, 0.29) is 19.6 Å². The van der Waals surface area contributed by atoms with Gasteiger partial charge in [-0.3, -0.25) is 9.59 Å². The summed E-state index contributed by atoms with van der Waals surface area (Å²) in [6.07, 6.45) is -1.10. The maximum Gasteiger partial charge on any atom is 0.407 e. The van der Waals surface area contributed by atoms with Crippen LogP contribution in [-0.4, -0.2) is 102 Å². The molecule has 1 aromatic rings. The fourth-order valence-corrected chi connectivity index (χ4v) is 10.5. The standard InChI is InChI=1S/C26H31N3O12S2/c1-25(2)18(28-16(30)10-17(28)42(25,35)36)22(32)40-13-41-23(33)19-26(3,4)43(37,38)21-15(20(31)29(19)21)11-27-24(34)39-12-14-8-6-5-7-9-14/h5-9,15,17-19,21H,10-13H2,1-4H3,(H,27,34)/t15-,17+,18-,19-,21+/m0/s1. The van der Waals surface area contributed by atoms with Gasteiger partial charge in [-0.1, -0.05) is 30.3 Å². The second kappa shape index (κ2) is 10.2. The molecule has 5 rings (SSSR count). The number of fused-ring (bicyclic) bond motifs is 2. The largest absolute Gasteiger partial charge is 0.445 e. The molecule has 0 saturated carbocycles. The molecule has 4 heterocycles. The van der Waals surface area contributed by atoms with E-state index in [1.165, 1.54) is 27.7 Å². The zero-order valence-electron chi connectivity index (χ0n) is 23.7. The molecule has 0 spiro atoms. The Kier molecular flexibility index (Phi) is 7.27. The monoisotopic (exact) mass is 641 g/mol. The third-order valence-electron chi connectivity index (χ3n) is 8.68. The molecule has 0 aliphatic carbocycles. The summed E-state index contributed by atoms with van der Waals surface area (Å²) in [5.41, 5.74) is 0.728. The van der Waals surface area contributed by atoms with E-state index in [0.29, 0.717) is 0 Å². The molecule has 0 unspecified atom stereocenters. The topological polar surface area (TPSA) is 200 Å². The second-order valence-corrected chi connectivity index (χ2v) is 17.1. The first kappa shape index (κ1) is 30.7. The molecule has 4 fully saturated rings. The quantitative estimate of drug-likeness (QED) is 0.216. The van der Waals surface area contributed by atoms with Gasteiger partial charge < -0.3 is 29.3 Å². The van der Waals surface area contributed by atoms with E-state index in [9.17, 15) is 40.8 Å². The summed E-state index contributed by atoms with van der Waals surface area (Å²) in [7, 11) is -8.01. The van der Waals surface area contributed by atoms with Gasteiger partial charge in [0, 0.05) is 6.54 Å². The average molecular weight is 642 g/mol. The van der Waals surface area contributed by atoms with Crippen molar-refractivity contribution in [3.8, 4) is 0 Å². The average Bonchev–Trinajstić information content (AvgIpc) is 3.16. The summed E-state index contributed by atoms with van der Waals surface area (Å²) in [5.74, 6) is -4.69. The number of carbonyl (C=O) groups is 5. The number of hydrogen-bond donors (Lipinski definition) is 1. The molecular formula is C26H31N3O12S2. The number of nitrogens with zero attached hydrogens (tertiary/aromatic N) is 2. The minimum absolute atomic E-state index is 0.0341. The van der Waals surface area contributed by atoms with Crippen LogP contribution >= 0.6 is 0 Å². The van der Waals surface area contributed by atoms with Crippen LogP contribution in [0.1, 0.15) is 39.7 Å². The van der Waals surface area contributed by atoms with E-state index in [1.54, 1.807) is 30.3 Å². The van der Waals surface area contributed by atoms with Crippen molar-refractivity contribution in [2.75, 3.05) is 13.3 Å². The normalized spacial score (nSPS) is 30.3. The molecule has 0 aromatic heterocycles. The van der Waals surface area contributed by atoms with Crippen molar-refractivity contribution in [3.63, 3.8) is 0 Å². The molecule has 0 radical (unpaired) electrons. The Morgan fingerprint density at radius 1 is 0.860 bits per heavy atom. The van der Waals surface area contributed by atoms with Gasteiger partial charge in [-0.05, 0) is 33.3 Å². The van der Waals surface area contributed by atoms with Gasteiger partial charge in [-0.2, -0.15) is 0 Å². The number of ether oxygens (including phenoxy) is 3. The Labute approximate surface area is 247 Å². The Balaban J connectivity index is 1.19. The summed E-state index contributed by atoms with van der Waals surface area (Å²) in [6, 6.07) is 5.78. The number of alkyl carbamates (subject to hydrolysis) is 1. The molecule has 17 heteroatoms. The Morgan fingerprint density at radius 2 is 1.42 bits per heavy atom. The lowest BCUT2D eigenvalue weighted by atomic mass is 9.91. The molecule has 4 saturated heterocycles. The highest BCUT2D eigenvalue weighted by Crippen LogP contribution is 2.49. The van der Waals surface area contributed by atoms with Crippen LogP contribution in [0.25, 0.3) is 0 Å². The third-order valence-corrected chi connectivity index (χ3v) is 14.4. The molecule has 15 nitrogen and oxygen atoms in total. The Hall–Kier alpha value is -3.73. The first-order valence-electron chi connectivity index (χ1n) is 13.3. The van der Waals surface area contributed by atoms with Crippen LogP contribution in [0, 0.1) is 5.92 Å². The number of carbonyl (C=O) groups excluding carboxylic acids is 5. The molecule has 1 aromatic carbocycles. The van der Waals surface area contributed by atoms with Gasteiger partial charge in [0.2, 0.25) is 18.6 Å². The van der Waals surface area contributed by atoms with E-state index >= 15 is 0 Å². The number of esters is 2. The van der Waals surface area contributed by atoms with Crippen molar-refractivity contribution in [1.29, 1.82) is 0 Å². The molecule has 5 atom stereocenters. The Bertz CT molecular complexity index is 1610. The molecule has 4 aliphatic heterocycles. The van der Waals surface area contributed by atoms with Crippen molar-refractivity contribution in [3.05, 3.63) is 35.9 Å². The third kappa shape index (κ3) is 4.46. The Morgan fingerprint density at radius 3 is 2.00 bits per heavy atom. The molecule has 3 amide bonds. The summed E-state index contributed by atoms with van der Waals surface area (Å²) < 4.78 is 63.9. The number of rotatable bonds is 8. The van der Waals surface area contributed by atoms with Gasteiger partial charge in [-0.15, -0.1) is 0 Å². The van der Waals surface area contributed by atoms with Crippen molar-refractivity contribution >= 4 is 49.5 Å². The maximum absolute atomic E-state index is 13.4. The van der Waals surface area contributed by atoms with Crippen LogP contribution < -0.4 is 5.32 Å². The van der Waals surface area contributed by atoms with Crippen molar-refractivity contribution in [2.45, 2.75) is 73.0 Å². The predicted molar refractivity (Wildman–Crippen MR) is 145 cm³/mol. The number of amides is 3. The van der Waals surface area contributed by atoms with Crippen LogP contribution in [0.4, 0.5) is 4.79 Å². The van der Waals surface area contributed by atoms with Gasteiger partial charge in [0.15, 0.2) is 19.7 Å². The SMILES string of the molecule is CC1(C)[C@H](C(=O)OCOC(=O)[C@@H]2N3C(=O)[C@H](CNC(=O)OCc4ccccc4)[C@H]3S(=O)(=O)C2(C)C)N2C(=O)C[C@H]2S1(=O)=O. The van der Waals surface area contributed by atoms with Gasteiger partial charge in [0.1, 0.15) is 29.4 Å². The number of hydrogen-bond acceptors (Lipinski definition) is 12. The van der Waals surface area contributed by atoms with Gasteiger partial charge in [0.25, 0.3) is 0 Å². The van der Waals surface area contributed by atoms with E-state index in [0.717, 1.165) is 15.4 Å². The van der Waals surface area contributed by atoms with Crippen LogP contribution in [0.15, 0.2) is 30.3 Å². The van der Waals surface area contributed by atoms with Gasteiger partial charge in [-0.25, -0.2) is 31.2 Å². The minimum atomic E-state index is -4.15. The van der Waals surface area contributed by atoms with E-state index in [1.807, 2.05) is 0 Å². The molecule has 0 bridgehead atoms. The molecule has 43 heavy (non-hydrogen) atoms. The molecular weight excluding hydrogens is 610 g/mol. The van der Waals surface area contributed by atoms with Crippen LogP contribution in [0.2, 0.25) is 0 Å². The fraction of sp³-hybridized carbons (Fsp3) is 0.577. The maximum atomic E-state index is 13.4. The first-order chi connectivity index (χ1) is 20.0. The zero-order chi connectivity index (χ0) is 31.7. The summed E-state index contributed by atoms with van der Waals surface area (Å²) in [5, 5.41) is -0.161. The highest BCUT2D eigenvalue weighted by molar-refractivity contribution is 7.94. The highest BCUT2D eigenvalue weighted by atomic mass is 32.2. The number of benzene rings is 1. The van der Waals surface area contributed by atoms with Crippen molar-refractivity contribution < 1.29 is 55.0 Å². The predicted octanol–water partition coefficient (Wildman–Crippen LogP) is -0.549. The smallest absolute Gasteiger partial charge is 0.407 e. The lowest BCUT2D eigenvalue weighted by Crippen LogP contribution is -2.66. The summed E-state index contributed by atoms with van der Waals surface area (Å²) in [6.45, 7) is 3.71. The lowest BCUT2D eigenvalue weighted by molar-refractivity contribution is -0.182. The fourth-order valence-electron chi connectivity index (χ4n) is 6.06. The van der Waals surface area contributed by atoms with Crippen LogP contribution in [0.5, 0.6) is 0 Å². The number of β-lactam (4-membered cyclic amide) rings is 2. The number of nitrogens with one attached hydrogen (secondary N) is 1. The van der Waals surface area contributed by atoms with Crippen molar-refractivity contribution in [1.82, 2.24) is 15.1 Å². The lowest BCUT2D eigenvalue weighted by Gasteiger charge is -2.42. The summed E-state index contributed by atoms with van der Waals surface area (Å²) >= 11 is 0. The molecule has 4 aliphatic rings. The van der Waals surface area contributed by atoms with Crippen LogP contribution in [0.3, 0.4) is 0 Å². The molecule has 234 valence electrons. The van der Waals surface area contributed by atoms with E-state index in [2.05, 4.69) is 5.32 Å². The molecule has 1 N–H and O–H groups in total. The minimum Gasteiger partial charge on any atom is -0.445 e. The van der Waals surface area contributed by atoms with Gasteiger partial charge >= 0.3 is 18.0 Å². The van der Waals surface area contributed by atoms with E-state index in [4.69, 9.17) is 14.2 Å². The zero-order valence-corrected chi connectivity index (χ0v) is 25.3. The highest BCUT2D eigenvalue weighted by Gasteiger charge is 2.72. The van der Waals surface area contributed by atoms with Crippen LogP contribution in [-0.2, 0) is 59.7 Å². The van der Waals surface area contributed by atoms with Gasteiger partial charge in [0.05, 0.1) is 21.8 Å². The van der Waals surface area contributed by atoms with E-state index < -0.39 is 94.6 Å². The second-order valence-electron chi connectivity index (χ2n) is 11.8. The first-order valence-corrected chi connectivity index (χ1v) is 16.4. The number of sulfone groups is 2. The summed E-state index contributed by atoms with van der Waals surface area (Å²) in [4.78, 5) is 64.9.